The van der Waals surface area contributed by atoms with E-state index in [1.54, 1.807) is 38.3 Å². The number of allylic oxidation sites excluding steroid dienone is 1. The number of hydrogen-bond donors (Lipinski definition) is 0. The molecule has 0 unspecified atom stereocenters. The van der Waals surface area contributed by atoms with E-state index in [1.165, 1.54) is 24.3 Å². The first-order chi connectivity index (χ1) is 14.5. The lowest BCUT2D eigenvalue weighted by Crippen LogP contribution is -2.09. The highest BCUT2D eigenvalue weighted by molar-refractivity contribution is 6.15. The third-order valence-electron chi connectivity index (χ3n) is 4.74. The number of Topliss-reactive ketones (excluding diaryl/α,β-unsaturated/α-hetero) is 1. The van der Waals surface area contributed by atoms with Crippen molar-refractivity contribution >= 4 is 17.8 Å². The molecule has 5 nitrogen and oxygen atoms in total. The van der Waals surface area contributed by atoms with Gasteiger partial charge in [-0.15, -0.1) is 0 Å². The molecule has 0 saturated heterocycles. The maximum atomic E-state index is 13.1. The summed E-state index contributed by atoms with van der Waals surface area (Å²) in [6, 6.07) is 15.4. The van der Waals surface area contributed by atoms with Crippen molar-refractivity contribution in [2.45, 2.75) is 6.92 Å². The maximum absolute atomic E-state index is 13.1. The first-order valence-electron chi connectivity index (χ1n) is 9.16. The molecule has 0 aliphatic carbocycles. The maximum Gasteiger partial charge on any atom is 0.343 e. The molecule has 0 N–H and O–H groups in total. The third-order valence-corrected chi connectivity index (χ3v) is 4.74. The van der Waals surface area contributed by atoms with Gasteiger partial charge >= 0.3 is 5.97 Å². The smallest absolute Gasteiger partial charge is 0.343 e. The first kappa shape index (κ1) is 19.4. The van der Waals surface area contributed by atoms with E-state index in [0.29, 0.717) is 28.2 Å². The molecule has 1 heterocycles. The van der Waals surface area contributed by atoms with Gasteiger partial charge in [-0.2, -0.15) is 0 Å². The zero-order chi connectivity index (χ0) is 21.3. The molecule has 3 aromatic rings. The molecule has 3 aromatic carbocycles. The normalized spacial score (nSPS) is 13.7. The molecule has 1 aliphatic rings. The minimum atomic E-state index is -0.632. The molecular weight excluding hydrogens is 387 g/mol. The van der Waals surface area contributed by atoms with Crippen LogP contribution < -0.4 is 14.2 Å². The highest BCUT2D eigenvalue weighted by atomic mass is 19.1. The summed E-state index contributed by atoms with van der Waals surface area (Å²) in [7, 11) is 1.55. The van der Waals surface area contributed by atoms with Crippen molar-refractivity contribution in [3.63, 3.8) is 0 Å². The average molecular weight is 404 g/mol. The zero-order valence-corrected chi connectivity index (χ0v) is 16.3. The molecule has 0 aromatic heterocycles. The Balaban J connectivity index is 1.62. The van der Waals surface area contributed by atoms with Gasteiger partial charge in [0.25, 0.3) is 0 Å². The van der Waals surface area contributed by atoms with Gasteiger partial charge in [0.2, 0.25) is 5.78 Å². The second-order valence-corrected chi connectivity index (χ2v) is 6.64. The summed E-state index contributed by atoms with van der Waals surface area (Å²) in [5.41, 5.74) is 1.82. The summed E-state index contributed by atoms with van der Waals surface area (Å²) in [6.45, 7) is 1.70. The number of ketones is 1. The Kier molecular flexibility index (Phi) is 5.06. The molecule has 0 radical (unpaired) electrons. The van der Waals surface area contributed by atoms with Crippen molar-refractivity contribution in [2.75, 3.05) is 7.11 Å². The van der Waals surface area contributed by atoms with Crippen LogP contribution >= 0.6 is 0 Å². The van der Waals surface area contributed by atoms with Gasteiger partial charge in [-0.25, -0.2) is 9.18 Å². The number of esters is 1. The van der Waals surface area contributed by atoms with Gasteiger partial charge in [0, 0.05) is 11.1 Å². The predicted molar refractivity (Wildman–Crippen MR) is 108 cm³/mol. The number of rotatable bonds is 4. The lowest BCUT2D eigenvalue weighted by atomic mass is 10.1. The molecule has 4 rings (SSSR count). The first-order valence-corrected chi connectivity index (χ1v) is 9.16. The van der Waals surface area contributed by atoms with Crippen LogP contribution in [0.4, 0.5) is 4.39 Å². The number of para-hydroxylation sites is 1. The van der Waals surface area contributed by atoms with E-state index < -0.39 is 11.8 Å². The minimum Gasteiger partial charge on any atom is -0.496 e. The fraction of sp³-hybridized carbons (Fsp3) is 0.0833. The van der Waals surface area contributed by atoms with Gasteiger partial charge in [-0.3, -0.25) is 4.79 Å². The standard InChI is InChI=1S/C24H17FO5/c1-14-19(30-24(27)15-7-9-17(25)10-8-15)12-11-18-22(26)21(29-23(14)18)13-16-5-3-4-6-20(16)28-2/h3-13H,1-2H3/b21-13-. The Labute approximate surface area is 172 Å². The Morgan fingerprint density at radius 3 is 2.47 bits per heavy atom. The van der Waals surface area contributed by atoms with Gasteiger partial charge in [0.05, 0.1) is 18.2 Å². The van der Waals surface area contributed by atoms with Crippen LogP contribution in [-0.4, -0.2) is 18.9 Å². The Hall–Kier alpha value is -3.93. The Morgan fingerprint density at radius 2 is 1.73 bits per heavy atom. The van der Waals surface area contributed by atoms with Gasteiger partial charge in [-0.05, 0) is 55.5 Å². The zero-order valence-electron chi connectivity index (χ0n) is 16.3. The summed E-state index contributed by atoms with van der Waals surface area (Å²) in [5.74, 6) is 0.0201. The van der Waals surface area contributed by atoms with Crippen LogP contribution in [-0.2, 0) is 0 Å². The fourth-order valence-electron chi connectivity index (χ4n) is 3.15. The van der Waals surface area contributed by atoms with Gasteiger partial charge in [0.15, 0.2) is 5.76 Å². The fourth-order valence-corrected chi connectivity index (χ4v) is 3.15. The van der Waals surface area contributed by atoms with Crippen molar-refractivity contribution < 1.29 is 28.2 Å². The lowest BCUT2D eigenvalue weighted by molar-refractivity contribution is 0.0733. The Bertz CT molecular complexity index is 1180. The van der Waals surface area contributed by atoms with E-state index in [2.05, 4.69) is 0 Å². The van der Waals surface area contributed by atoms with E-state index in [1.807, 2.05) is 18.2 Å². The molecule has 0 bridgehead atoms. The molecule has 6 heteroatoms. The number of carbonyl (C=O) groups excluding carboxylic acids is 2. The summed E-state index contributed by atoms with van der Waals surface area (Å²) in [5, 5.41) is 0. The van der Waals surface area contributed by atoms with Crippen molar-refractivity contribution in [1.29, 1.82) is 0 Å². The van der Waals surface area contributed by atoms with Crippen LogP contribution in [0.3, 0.4) is 0 Å². The Morgan fingerprint density at radius 1 is 1.00 bits per heavy atom. The van der Waals surface area contributed by atoms with Crippen LogP contribution in [0.25, 0.3) is 6.08 Å². The highest BCUT2D eigenvalue weighted by Crippen LogP contribution is 2.40. The van der Waals surface area contributed by atoms with Crippen molar-refractivity contribution in [3.05, 3.63) is 94.5 Å². The van der Waals surface area contributed by atoms with E-state index in [0.717, 1.165) is 0 Å². The van der Waals surface area contributed by atoms with Crippen LogP contribution in [0.1, 0.15) is 31.8 Å². The molecule has 0 saturated carbocycles. The monoisotopic (exact) mass is 404 g/mol. The quantitative estimate of drug-likeness (QED) is 0.349. The van der Waals surface area contributed by atoms with Crippen LogP contribution in [0.2, 0.25) is 0 Å². The number of carbonyl (C=O) groups is 2. The molecule has 0 amide bonds. The number of fused-ring (bicyclic) bond motifs is 1. The van der Waals surface area contributed by atoms with Gasteiger partial charge < -0.3 is 14.2 Å². The molecule has 1 aliphatic heterocycles. The largest absolute Gasteiger partial charge is 0.496 e. The average Bonchev–Trinajstić information content (AvgIpc) is 3.07. The number of halogens is 1. The second kappa shape index (κ2) is 7.83. The van der Waals surface area contributed by atoms with Crippen LogP contribution in [0.15, 0.2) is 66.4 Å². The topological polar surface area (TPSA) is 61.8 Å². The number of hydrogen-bond acceptors (Lipinski definition) is 5. The molecule has 150 valence electrons. The highest BCUT2D eigenvalue weighted by Gasteiger charge is 2.30. The van der Waals surface area contributed by atoms with Crippen LogP contribution in [0.5, 0.6) is 17.2 Å². The molecule has 0 spiro atoms. The number of benzene rings is 3. The lowest BCUT2D eigenvalue weighted by Gasteiger charge is -2.10. The summed E-state index contributed by atoms with van der Waals surface area (Å²) < 4.78 is 29.6. The third kappa shape index (κ3) is 3.55. The number of methoxy groups -OCH3 is 1. The summed E-state index contributed by atoms with van der Waals surface area (Å²) >= 11 is 0. The SMILES string of the molecule is COc1ccccc1/C=C1\Oc2c(ccc(OC(=O)c3ccc(F)cc3)c2C)C1=O. The van der Waals surface area contributed by atoms with E-state index >= 15 is 0 Å². The molecule has 30 heavy (non-hydrogen) atoms. The van der Waals surface area contributed by atoms with E-state index in [-0.39, 0.29) is 22.9 Å². The number of ether oxygens (including phenoxy) is 3. The molecular formula is C24H17FO5. The van der Waals surface area contributed by atoms with Gasteiger partial charge in [0.1, 0.15) is 23.1 Å². The van der Waals surface area contributed by atoms with Crippen molar-refractivity contribution in [2.24, 2.45) is 0 Å². The second-order valence-electron chi connectivity index (χ2n) is 6.64. The van der Waals surface area contributed by atoms with E-state index in [4.69, 9.17) is 14.2 Å². The van der Waals surface area contributed by atoms with Crippen molar-refractivity contribution in [3.8, 4) is 17.2 Å². The van der Waals surface area contributed by atoms with Crippen LogP contribution in [0, 0.1) is 12.7 Å². The van der Waals surface area contributed by atoms with Crippen molar-refractivity contribution in [1.82, 2.24) is 0 Å². The van der Waals surface area contributed by atoms with E-state index in [9.17, 15) is 14.0 Å². The predicted octanol–water partition coefficient (Wildman–Crippen LogP) is 4.98. The summed E-state index contributed by atoms with van der Waals surface area (Å²) in [4.78, 5) is 25.1. The summed E-state index contributed by atoms with van der Waals surface area (Å²) in [6.07, 6.45) is 1.62. The minimum absolute atomic E-state index is 0.152. The molecule has 0 fully saturated rings. The van der Waals surface area contributed by atoms with Gasteiger partial charge in [-0.1, -0.05) is 18.2 Å². The molecule has 0 atom stereocenters.